The van der Waals surface area contributed by atoms with Crippen molar-refractivity contribution >= 4 is 5.91 Å². The molecular weight excluding hydrogens is 346 g/mol. The van der Waals surface area contributed by atoms with Crippen molar-refractivity contribution in [2.75, 3.05) is 27.4 Å². The molecule has 144 valence electrons. The second-order valence-corrected chi connectivity index (χ2v) is 6.38. The molecule has 1 heterocycles. The quantitative estimate of drug-likeness (QED) is 0.809. The average molecular weight is 371 g/mol. The molecule has 27 heavy (non-hydrogen) atoms. The van der Waals surface area contributed by atoms with E-state index in [2.05, 4.69) is 5.32 Å². The Labute approximate surface area is 159 Å². The highest BCUT2D eigenvalue weighted by molar-refractivity contribution is 5.76. The van der Waals surface area contributed by atoms with Crippen LogP contribution in [0.3, 0.4) is 0 Å². The molecule has 6 nitrogen and oxygen atoms in total. The summed E-state index contributed by atoms with van der Waals surface area (Å²) < 4.78 is 21.7. The van der Waals surface area contributed by atoms with Gasteiger partial charge in [-0.2, -0.15) is 0 Å². The Hall–Kier alpha value is -2.89. The summed E-state index contributed by atoms with van der Waals surface area (Å²) in [7, 11) is 3.20. The molecule has 0 saturated heterocycles. The third-order valence-electron chi connectivity index (χ3n) is 4.53. The summed E-state index contributed by atoms with van der Waals surface area (Å²) in [5.41, 5.74) is 2.01. The van der Waals surface area contributed by atoms with Gasteiger partial charge in [-0.3, -0.25) is 4.79 Å². The van der Waals surface area contributed by atoms with Gasteiger partial charge in [0.2, 0.25) is 5.91 Å². The molecule has 3 rings (SSSR count). The predicted molar refractivity (Wildman–Crippen MR) is 102 cm³/mol. The highest BCUT2D eigenvalue weighted by atomic mass is 16.6. The highest BCUT2D eigenvalue weighted by Gasteiger charge is 2.16. The van der Waals surface area contributed by atoms with Gasteiger partial charge >= 0.3 is 0 Å². The molecule has 0 aromatic heterocycles. The summed E-state index contributed by atoms with van der Waals surface area (Å²) in [5, 5.41) is 3.03. The lowest BCUT2D eigenvalue weighted by molar-refractivity contribution is -0.121. The number of carbonyl (C=O) groups excluding carboxylic acids is 1. The molecule has 1 aliphatic rings. The molecule has 0 radical (unpaired) electrons. The minimum atomic E-state index is -0.112. The van der Waals surface area contributed by atoms with Gasteiger partial charge in [-0.25, -0.2) is 0 Å². The Morgan fingerprint density at radius 2 is 1.78 bits per heavy atom. The van der Waals surface area contributed by atoms with Crippen LogP contribution in [0.1, 0.15) is 30.5 Å². The van der Waals surface area contributed by atoms with Crippen LogP contribution in [0.2, 0.25) is 0 Å². The van der Waals surface area contributed by atoms with Crippen molar-refractivity contribution in [2.24, 2.45) is 0 Å². The number of benzene rings is 2. The first kappa shape index (κ1) is 18.9. The van der Waals surface area contributed by atoms with Crippen molar-refractivity contribution in [3.8, 4) is 23.0 Å². The Morgan fingerprint density at radius 1 is 1.04 bits per heavy atom. The number of methoxy groups -OCH3 is 2. The van der Waals surface area contributed by atoms with E-state index in [9.17, 15) is 4.79 Å². The summed E-state index contributed by atoms with van der Waals surface area (Å²) in [5.74, 6) is 2.81. The van der Waals surface area contributed by atoms with Crippen LogP contribution in [0.4, 0.5) is 0 Å². The molecule has 0 aliphatic carbocycles. The van der Waals surface area contributed by atoms with Crippen LogP contribution in [0, 0.1) is 0 Å². The highest BCUT2D eigenvalue weighted by Crippen LogP contribution is 2.32. The molecule has 0 fully saturated rings. The standard InChI is InChI=1S/C21H25NO5/c1-14(16-6-8-18-20(13-16)27-11-10-26-18)22-21(23)9-5-15-4-7-17(24-2)19(12-15)25-3/h4,6-8,12-14H,5,9-11H2,1-3H3,(H,22,23)/t14-/m1/s1. The second kappa shape index (κ2) is 8.66. The first-order valence-electron chi connectivity index (χ1n) is 9.00. The maximum absolute atomic E-state index is 12.3. The van der Waals surface area contributed by atoms with Crippen molar-refractivity contribution < 1.29 is 23.7 Å². The third kappa shape index (κ3) is 4.64. The summed E-state index contributed by atoms with van der Waals surface area (Å²) >= 11 is 0. The largest absolute Gasteiger partial charge is 0.493 e. The lowest BCUT2D eigenvalue weighted by atomic mass is 10.1. The average Bonchev–Trinajstić information content (AvgIpc) is 2.71. The number of aryl methyl sites for hydroxylation is 1. The number of rotatable bonds is 7. The van der Waals surface area contributed by atoms with Gasteiger partial charge in [-0.1, -0.05) is 12.1 Å². The molecule has 0 spiro atoms. The predicted octanol–water partition coefficient (Wildman–Crippen LogP) is 3.29. The van der Waals surface area contributed by atoms with Crippen LogP contribution in [0.5, 0.6) is 23.0 Å². The maximum Gasteiger partial charge on any atom is 0.220 e. The normalized spacial score (nSPS) is 13.6. The summed E-state index contributed by atoms with van der Waals surface area (Å²) in [6.07, 6.45) is 1.02. The zero-order valence-electron chi connectivity index (χ0n) is 15.9. The van der Waals surface area contributed by atoms with Gasteiger partial charge in [0.05, 0.1) is 20.3 Å². The van der Waals surface area contributed by atoms with Crippen LogP contribution < -0.4 is 24.3 Å². The van der Waals surface area contributed by atoms with E-state index in [1.807, 2.05) is 43.3 Å². The fourth-order valence-corrected chi connectivity index (χ4v) is 3.02. The second-order valence-electron chi connectivity index (χ2n) is 6.38. The van der Waals surface area contributed by atoms with Gasteiger partial charge < -0.3 is 24.3 Å². The van der Waals surface area contributed by atoms with Gasteiger partial charge in [-0.15, -0.1) is 0 Å². The van der Waals surface area contributed by atoms with E-state index >= 15 is 0 Å². The zero-order chi connectivity index (χ0) is 19.2. The van der Waals surface area contributed by atoms with Crippen LogP contribution in [0.15, 0.2) is 36.4 Å². The minimum Gasteiger partial charge on any atom is -0.493 e. The Balaban J connectivity index is 1.56. The number of fused-ring (bicyclic) bond motifs is 1. The number of carbonyl (C=O) groups is 1. The molecule has 1 aliphatic heterocycles. The maximum atomic E-state index is 12.3. The zero-order valence-corrected chi connectivity index (χ0v) is 15.9. The lowest BCUT2D eigenvalue weighted by Crippen LogP contribution is -2.27. The molecule has 1 N–H and O–H groups in total. The molecule has 0 unspecified atom stereocenters. The molecule has 1 amide bonds. The number of ether oxygens (including phenoxy) is 4. The first-order chi connectivity index (χ1) is 13.1. The SMILES string of the molecule is COc1ccc(CCC(=O)N[C@H](C)c2ccc3c(c2)OCCO3)cc1OC. The third-order valence-corrected chi connectivity index (χ3v) is 4.53. The lowest BCUT2D eigenvalue weighted by Gasteiger charge is -2.21. The van der Waals surface area contributed by atoms with E-state index in [0.717, 1.165) is 22.6 Å². The van der Waals surface area contributed by atoms with E-state index in [1.54, 1.807) is 14.2 Å². The van der Waals surface area contributed by atoms with Crippen LogP contribution >= 0.6 is 0 Å². The van der Waals surface area contributed by atoms with Crippen molar-refractivity contribution in [1.29, 1.82) is 0 Å². The minimum absolute atomic E-state index is 0.00725. The summed E-state index contributed by atoms with van der Waals surface area (Å²) in [6, 6.07) is 11.3. The summed E-state index contributed by atoms with van der Waals surface area (Å²) in [4.78, 5) is 12.3. The van der Waals surface area contributed by atoms with Crippen molar-refractivity contribution in [3.05, 3.63) is 47.5 Å². The Morgan fingerprint density at radius 3 is 2.52 bits per heavy atom. The topological polar surface area (TPSA) is 66.0 Å². The molecular formula is C21H25NO5. The van der Waals surface area contributed by atoms with E-state index < -0.39 is 0 Å². The summed E-state index contributed by atoms with van der Waals surface area (Å²) in [6.45, 7) is 3.07. The molecule has 0 saturated carbocycles. The van der Waals surface area contributed by atoms with E-state index in [-0.39, 0.29) is 11.9 Å². The molecule has 0 bridgehead atoms. The van der Waals surface area contributed by atoms with Crippen molar-refractivity contribution in [3.63, 3.8) is 0 Å². The Kier molecular flexibility index (Phi) is 6.06. The van der Waals surface area contributed by atoms with Gasteiger partial charge in [0.25, 0.3) is 0 Å². The molecule has 1 atom stereocenters. The number of hydrogen-bond donors (Lipinski definition) is 1. The monoisotopic (exact) mass is 371 g/mol. The first-order valence-corrected chi connectivity index (χ1v) is 9.00. The smallest absolute Gasteiger partial charge is 0.220 e. The number of nitrogens with one attached hydrogen (secondary N) is 1. The van der Waals surface area contributed by atoms with Crippen LogP contribution in [0.25, 0.3) is 0 Å². The fourth-order valence-electron chi connectivity index (χ4n) is 3.02. The van der Waals surface area contributed by atoms with Crippen molar-refractivity contribution in [2.45, 2.75) is 25.8 Å². The molecule has 2 aromatic rings. The van der Waals surface area contributed by atoms with E-state index in [1.165, 1.54) is 0 Å². The number of hydrogen-bond acceptors (Lipinski definition) is 5. The van der Waals surface area contributed by atoms with Gasteiger partial charge in [0.15, 0.2) is 23.0 Å². The molecule has 2 aromatic carbocycles. The fraction of sp³-hybridized carbons (Fsp3) is 0.381. The molecule has 6 heteroatoms. The van der Waals surface area contributed by atoms with E-state index in [0.29, 0.717) is 37.6 Å². The van der Waals surface area contributed by atoms with Crippen LogP contribution in [-0.4, -0.2) is 33.3 Å². The van der Waals surface area contributed by atoms with Gasteiger partial charge in [0, 0.05) is 6.42 Å². The Bertz CT molecular complexity index is 805. The van der Waals surface area contributed by atoms with Crippen molar-refractivity contribution in [1.82, 2.24) is 5.32 Å². The van der Waals surface area contributed by atoms with E-state index in [4.69, 9.17) is 18.9 Å². The van der Waals surface area contributed by atoms with Gasteiger partial charge in [-0.05, 0) is 48.7 Å². The van der Waals surface area contributed by atoms with Gasteiger partial charge in [0.1, 0.15) is 13.2 Å². The van der Waals surface area contributed by atoms with Crippen LogP contribution in [-0.2, 0) is 11.2 Å². The number of amides is 1.